The van der Waals surface area contributed by atoms with Crippen LogP contribution in [0.1, 0.15) is 28.4 Å². The number of anilines is 1. The van der Waals surface area contributed by atoms with Gasteiger partial charge in [-0.2, -0.15) is 0 Å². The van der Waals surface area contributed by atoms with Crippen LogP contribution in [-0.4, -0.2) is 52.1 Å². The molecule has 0 spiro atoms. The first kappa shape index (κ1) is 20.6. The molecule has 3 aromatic rings. The lowest BCUT2D eigenvalue weighted by Gasteiger charge is -2.28. The van der Waals surface area contributed by atoms with Crippen molar-refractivity contribution in [2.24, 2.45) is 0 Å². The molecular weight excluding hydrogens is 396 g/mol. The van der Waals surface area contributed by atoms with Gasteiger partial charge in [0, 0.05) is 18.7 Å². The molecule has 1 aromatic heterocycles. The van der Waals surface area contributed by atoms with E-state index in [0.29, 0.717) is 18.4 Å². The highest BCUT2D eigenvalue weighted by molar-refractivity contribution is 8.00. The highest BCUT2D eigenvalue weighted by Crippen LogP contribution is 2.31. The topological polar surface area (TPSA) is 60.3 Å². The van der Waals surface area contributed by atoms with Gasteiger partial charge >= 0.3 is 0 Å². The third-order valence-electron chi connectivity index (χ3n) is 5.23. The standard InChI is InChI=1S/C23H26N4O2S/c1-16-9-10-17(2)20(15-16)21(28)18(3)30-23-25-24-22(26-11-13-29-14-12-26)27(23)19-7-5-4-6-8-19/h4-10,15,18H,11-14H2,1-3H3. The summed E-state index contributed by atoms with van der Waals surface area (Å²) < 4.78 is 7.53. The fraction of sp³-hybridized carbons (Fsp3) is 0.348. The van der Waals surface area contributed by atoms with Crippen molar-refractivity contribution < 1.29 is 9.53 Å². The lowest BCUT2D eigenvalue weighted by atomic mass is 10.0. The number of ether oxygens (including phenoxy) is 1. The van der Waals surface area contributed by atoms with Crippen LogP contribution in [0.15, 0.2) is 53.7 Å². The number of aromatic nitrogens is 3. The van der Waals surface area contributed by atoms with E-state index >= 15 is 0 Å². The second-order valence-corrected chi connectivity index (χ2v) is 8.80. The number of aryl methyl sites for hydroxylation is 2. The number of nitrogens with zero attached hydrogens (tertiary/aromatic N) is 4. The monoisotopic (exact) mass is 422 g/mol. The van der Waals surface area contributed by atoms with Crippen molar-refractivity contribution in [1.82, 2.24) is 14.8 Å². The van der Waals surface area contributed by atoms with E-state index in [-0.39, 0.29) is 11.0 Å². The zero-order valence-electron chi connectivity index (χ0n) is 17.5. The number of carbonyl (C=O) groups is 1. The first-order valence-corrected chi connectivity index (χ1v) is 11.0. The summed E-state index contributed by atoms with van der Waals surface area (Å²) in [5, 5.41) is 9.38. The quantitative estimate of drug-likeness (QED) is 0.441. The van der Waals surface area contributed by atoms with Crippen molar-refractivity contribution in [2.75, 3.05) is 31.2 Å². The van der Waals surface area contributed by atoms with Crippen molar-refractivity contribution in [1.29, 1.82) is 0 Å². The van der Waals surface area contributed by atoms with Gasteiger partial charge < -0.3 is 9.64 Å². The lowest BCUT2D eigenvalue weighted by molar-refractivity contribution is 0.0993. The lowest BCUT2D eigenvalue weighted by Crippen LogP contribution is -2.37. The molecule has 4 rings (SSSR count). The Hall–Kier alpha value is -2.64. The Kier molecular flexibility index (Phi) is 6.20. The molecule has 0 amide bonds. The molecule has 1 saturated heterocycles. The van der Waals surface area contributed by atoms with E-state index in [4.69, 9.17) is 4.74 Å². The minimum absolute atomic E-state index is 0.108. The molecule has 30 heavy (non-hydrogen) atoms. The van der Waals surface area contributed by atoms with Crippen LogP contribution in [0.5, 0.6) is 0 Å². The van der Waals surface area contributed by atoms with E-state index < -0.39 is 0 Å². The van der Waals surface area contributed by atoms with Gasteiger partial charge in [-0.15, -0.1) is 10.2 Å². The number of hydrogen-bond donors (Lipinski definition) is 0. The summed E-state index contributed by atoms with van der Waals surface area (Å²) in [6, 6.07) is 16.1. The summed E-state index contributed by atoms with van der Waals surface area (Å²) in [7, 11) is 0. The second-order valence-electron chi connectivity index (χ2n) is 7.50. The van der Waals surface area contributed by atoms with Crippen LogP contribution in [0, 0.1) is 13.8 Å². The largest absolute Gasteiger partial charge is 0.378 e. The van der Waals surface area contributed by atoms with Gasteiger partial charge in [-0.1, -0.05) is 47.7 Å². The van der Waals surface area contributed by atoms with Crippen molar-refractivity contribution in [3.05, 3.63) is 65.2 Å². The van der Waals surface area contributed by atoms with Crippen LogP contribution in [0.25, 0.3) is 5.69 Å². The zero-order chi connectivity index (χ0) is 21.1. The number of benzene rings is 2. The Balaban J connectivity index is 1.66. The van der Waals surface area contributed by atoms with Crippen LogP contribution in [0.4, 0.5) is 5.95 Å². The van der Waals surface area contributed by atoms with Crippen LogP contribution in [0.2, 0.25) is 0 Å². The molecule has 6 nitrogen and oxygen atoms in total. The predicted molar refractivity (Wildman–Crippen MR) is 120 cm³/mol. The van der Waals surface area contributed by atoms with E-state index in [1.807, 2.05) is 73.9 Å². The molecule has 0 radical (unpaired) electrons. The first-order chi connectivity index (χ1) is 14.5. The number of morpholine rings is 1. The maximum atomic E-state index is 13.2. The van der Waals surface area contributed by atoms with Gasteiger partial charge in [-0.05, 0) is 44.5 Å². The molecule has 0 N–H and O–H groups in total. The molecule has 2 heterocycles. The average Bonchev–Trinajstić information content (AvgIpc) is 3.19. The Labute approximate surface area is 181 Å². The fourth-order valence-electron chi connectivity index (χ4n) is 3.54. The second kappa shape index (κ2) is 9.02. The highest BCUT2D eigenvalue weighted by Gasteiger charge is 2.25. The maximum absolute atomic E-state index is 13.2. The van der Waals surface area contributed by atoms with E-state index in [9.17, 15) is 4.79 Å². The molecule has 0 bridgehead atoms. The number of carbonyl (C=O) groups excluding carboxylic acids is 1. The molecule has 1 aliphatic rings. The van der Waals surface area contributed by atoms with Crippen LogP contribution >= 0.6 is 11.8 Å². The number of Topliss-reactive ketones (excluding diaryl/α,β-unsaturated/α-hetero) is 1. The molecule has 0 saturated carbocycles. The molecule has 0 aliphatic carbocycles. The smallest absolute Gasteiger partial charge is 0.232 e. The zero-order valence-corrected chi connectivity index (χ0v) is 18.4. The maximum Gasteiger partial charge on any atom is 0.232 e. The summed E-state index contributed by atoms with van der Waals surface area (Å²) in [4.78, 5) is 15.4. The number of thioether (sulfide) groups is 1. The molecule has 7 heteroatoms. The van der Waals surface area contributed by atoms with Gasteiger partial charge in [0.15, 0.2) is 10.9 Å². The average molecular weight is 423 g/mol. The van der Waals surface area contributed by atoms with Crippen LogP contribution in [-0.2, 0) is 4.74 Å². The van der Waals surface area contributed by atoms with Gasteiger partial charge in [0.25, 0.3) is 0 Å². The number of ketones is 1. The van der Waals surface area contributed by atoms with E-state index in [1.165, 1.54) is 11.8 Å². The summed E-state index contributed by atoms with van der Waals surface area (Å²) in [5.41, 5.74) is 3.84. The van der Waals surface area contributed by atoms with Gasteiger partial charge in [-0.3, -0.25) is 9.36 Å². The van der Waals surface area contributed by atoms with Crippen molar-refractivity contribution >= 4 is 23.5 Å². The van der Waals surface area contributed by atoms with Gasteiger partial charge in [0.2, 0.25) is 5.95 Å². The SMILES string of the molecule is Cc1ccc(C)c(C(=O)C(C)Sc2nnc(N3CCOCC3)n2-c2ccccc2)c1. The number of hydrogen-bond acceptors (Lipinski definition) is 6. The molecule has 1 fully saturated rings. The summed E-state index contributed by atoms with van der Waals surface area (Å²) in [5.74, 6) is 0.898. The normalized spacial score (nSPS) is 15.2. The first-order valence-electron chi connectivity index (χ1n) is 10.2. The Morgan fingerprint density at radius 3 is 2.53 bits per heavy atom. The summed E-state index contributed by atoms with van der Waals surface area (Å²) >= 11 is 1.45. The van der Waals surface area contributed by atoms with Crippen molar-refractivity contribution in [3.63, 3.8) is 0 Å². The molecule has 2 aromatic carbocycles. The Morgan fingerprint density at radius 1 is 1.07 bits per heavy atom. The molecule has 1 atom stereocenters. The third kappa shape index (κ3) is 4.27. The Morgan fingerprint density at radius 2 is 1.80 bits per heavy atom. The minimum atomic E-state index is -0.283. The van der Waals surface area contributed by atoms with Gasteiger partial charge in [-0.25, -0.2) is 0 Å². The predicted octanol–water partition coefficient (Wildman–Crippen LogP) is 4.08. The summed E-state index contributed by atoms with van der Waals surface area (Å²) in [6.07, 6.45) is 0. The van der Waals surface area contributed by atoms with Crippen LogP contribution < -0.4 is 4.90 Å². The summed E-state index contributed by atoms with van der Waals surface area (Å²) in [6.45, 7) is 8.81. The third-order valence-corrected chi connectivity index (χ3v) is 6.28. The van der Waals surface area contributed by atoms with Gasteiger partial charge in [0.05, 0.1) is 24.2 Å². The fourth-order valence-corrected chi connectivity index (χ4v) is 4.47. The number of para-hydroxylation sites is 1. The van der Waals surface area contributed by atoms with E-state index in [2.05, 4.69) is 15.1 Å². The highest BCUT2D eigenvalue weighted by atomic mass is 32.2. The number of rotatable bonds is 6. The molecule has 1 unspecified atom stereocenters. The minimum Gasteiger partial charge on any atom is -0.378 e. The van der Waals surface area contributed by atoms with E-state index in [1.54, 1.807) is 0 Å². The molecular formula is C23H26N4O2S. The van der Waals surface area contributed by atoms with Gasteiger partial charge in [0.1, 0.15) is 0 Å². The van der Waals surface area contributed by atoms with Crippen LogP contribution in [0.3, 0.4) is 0 Å². The molecule has 156 valence electrons. The van der Waals surface area contributed by atoms with Crippen molar-refractivity contribution in [2.45, 2.75) is 31.2 Å². The van der Waals surface area contributed by atoms with Crippen molar-refractivity contribution in [3.8, 4) is 5.69 Å². The van der Waals surface area contributed by atoms with E-state index in [0.717, 1.165) is 41.4 Å². The Bertz CT molecular complexity index is 1030. The molecule has 1 aliphatic heterocycles.